The molecule has 0 radical (unpaired) electrons. The van der Waals surface area contributed by atoms with Gasteiger partial charge < -0.3 is 15.3 Å². The van der Waals surface area contributed by atoms with Gasteiger partial charge >= 0.3 is 12.0 Å². The number of hydrogen-bond donors (Lipinski definition) is 3. The molecule has 7 nitrogen and oxygen atoms in total. The first-order valence-electron chi connectivity index (χ1n) is 6.49. The van der Waals surface area contributed by atoms with Gasteiger partial charge in [-0.2, -0.15) is 0 Å². The number of carboxylic acids is 1. The lowest BCUT2D eigenvalue weighted by Gasteiger charge is -2.32. The van der Waals surface area contributed by atoms with Crippen molar-refractivity contribution in [3.63, 3.8) is 0 Å². The molecule has 0 aliphatic carbocycles. The Bertz CT molecular complexity index is 544. The van der Waals surface area contributed by atoms with E-state index < -0.39 is 5.97 Å². The highest BCUT2D eigenvalue weighted by atomic mass is 79.9. The van der Waals surface area contributed by atoms with E-state index in [2.05, 4.69) is 31.6 Å². The lowest BCUT2D eigenvalue weighted by molar-refractivity contribution is 0.0697. The minimum absolute atomic E-state index is 0.119. The largest absolute Gasteiger partial charge is 0.478 e. The number of aromatic carboxylic acids is 1. The molecule has 1 aromatic carbocycles. The van der Waals surface area contributed by atoms with E-state index in [1.807, 2.05) is 12.1 Å². The summed E-state index contributed by atoms with van der Waals surface area (Å²) in [4.78, 5) is 25.1. The molecule has 1 aliphatic heterocycles. The number of hydrogen-bond acceptors (Lipinski definition) is 4. The Morgan fingerprint density at radius 2 is 1.90 bits per heavy atom. The van der Waals surface area contributed by atoms with Gasteiger partial charge in [0.15, 0.2) is 0 Å². The lowest BCUT2D eigenvalue weighted by Crippen LogP contribution is -2.53. The van der Waals surface area contributed by atoms with Crippen molar-refractivity contribution in [3.8, 4) is 0 Å². The molecule has 1 aromatic rings. The van der Waals surface area contributed by atoms with Crippen molar-refractivity contribution in [1.29, 1.82) is 0 Å². The topological polar surface area (TPSA) is 84.9 Å². The number of anilines is 1. The Hall–Kier alpha value is -1.64. The third-order valence-electron chi connectivity index (χ3n) is 3.22. The van der Waals surface area contributed by atoms with Crippen LogP contribution in [0.25, 0.3) is 0 Å². The van der Waals surface area contributed by atoms with Crippen LogP contribution in [0.2, 0.25) is 0 Å². The number of carbonyl (C=O) groups is 2. The van der Waals surface area contributed by atoms with E-state index in [4.69, 9.17) is 5.11 Å². The maximum atomic E-state index is 11.9. The van der Waals surface area contributed by atoms with Gasteiger partial charge in [0, 0.05) is 30.7 Å². The van der Waals surface area contributed by atoms with Crippen LogP contribution >= 0.6 is 15.9 Å². The normalized spacial score (nSPS) is 16.5. The van der Waals surface area contributed by atoms with Crippen LogP contribution in [0.15, 0.2) is 22.7 Å². The number of likely N-dealkylation sites (N-methyl/N-ethyl adjacent to an activating group) is 1. The van der Waals surface area contributed by atoms with E-state index in [1.165, 1.54) is 12.1 Å². The Balaban J connectivity index is 1.96. The first kappa shape index (κ1) is 15.7. The average Bonchev–Trinajstić information content (AvgIpc) is 2.43. The molecule has 8 heteroatoms. The van der Waals surface area contributed by atoms with Crippen molar-refractivity contribution in [2.24, 2.45) is 0 Å². The smallest absolute Gasteiger partial charge is 0.335 e. The molecule has 0 aromatic heterocycles. The molecular formula is C13H17BrN4O3. The van der Waals surface area contributed by atoms with Crippen molar-refractivity contribution in [2.75, 3.05) is 38.5 Å². The molecule has 0 unspecified atom stereocenters. The summed E-state index contributed by atoms with van der Waals surface area (Å²) in [6.45, 7) is 3.28. The van der Waals surface area contributed by atoms with Gasteiger partial charge in [0.25, 0.3) is 0 Å². The van der Waals surface area contributed by atoms with Crippen molar-refractivity contribution < 1.29 is 14.7 Å². The second-order valence-electron chi connectivity index (χ2n) is 4.86. The predicted molar refractivity (Wildman–Crippen MR) is 82.3 cm³/mol. The van der Waals surface area contributed by atoms with Crippen LogP contribution in [0.3, 0.4) is 0 Å². The average molecular weight is 357 g/mol. The zero-order chi connectivity index (χ0) is 15.4. The fourth-order valence-corrected chi connectivity index (χ4v) is 2.31. The fourth-order valence-electron chi connectivity index (χ4n) is 1.97. The third kappa shape index (κ3) is 4.42. The highest BCUT2D eigenvalue weighted by molar-refractivity contribution is 9.10. The number of carboxylic acid groups (broad SMARTS) is 1. The van der Waals surface area contributed by atoms with E-state index in [9.17, 15) is 9.59 Å². The van der Waals surface area contributed by atoms with Crippen LogP contribution < -0.4 is 10.7 Å². The lowest BCUT2D eigenvalue weighted by atomic mass is 10.2. The van der Waals surface area contributed by atoms with Crippen LogP contribution in [0.1, 0.15) is 10.4 Å². The van der Waals surface area contributed by atoms with Crippen LogP contribution in [0, 0.1) is 0 Å². The molecular weight excluding hydrogens is 340 g/mol. The summed E-state index contributed by atoms with van der Waals surface area (Å²) < 4.78 is 0.626. The minimum atomic E-state index is -1.04. The van der Waals surface area contributed by atoms with Crippen molar-refractivity contribution in [2.45, 2.75) is 0 Å². The number of halogens is 1. The predicted octanol–water partition coefficient (Wildman–Crippen LogP) is 1.43. The van der Waals surface area contributed by atoms with E-state index in [0.29, 0.717) is 10.2 Å². The van der Waals surface area contributed by atoms with Gasteiger partial charge in [-0.15, -0.1) is 0 Å². The summed E-state index contributed by atoms with van der Waals surface area (Å²) in [6.07, 6.45) is 0. The second-order valence-corrected chi connectivity index (χ2v) is 5.71. The molecule has 1 heterocycles. The number of piperazine rings is 1. The van der Waals surface area contributed by atoms with E-state index >= 15 is 0 Å². The summed E-state index contributed by atoms with van der Waals surface area (Å²) in [5, 5.41) is 13.4. The molecule has 0 saturated carbocycles. The number of amides is 2. The fraction of sp³-hybridized carbons (Fsp3) is 0.385. The van der Waals surface area contributed by atoms with Gasteiger partial charge in [-0.25, -0.2) is 14.6 Å². The maximum absolute atomic E-state index is 11.9. The molecule has 1 aliphatic rings. The maximum Gasteiger partial charge on any atom is 0.335 e. The Kier molecular flexibility index (Phi) is 5.16. The SMILES string of the molecule is CN1CCN(NC(=O)Nc2cc(C(=O)O)ccc2Br)CC1. The van der Waals surface area contributed by atoms with Crippen LogP contribution in [0.4, 0.5) is 10.5 Å². The zero-order valence-electron chi connectivity index (χ0n) is 11.6. The number of rotatable bonds is 3. The molecule has 3 N–H and O–H groups in total. The number of nitrogens with one attached hydrogen (secondary N) is 2. The van der Waals surface area contributed by atoms with Crippen molar-refractivity contribution in [3.05, 3.63) is 28.2 Å². The molecule has 1 fully saturated rings. The summed E-state index contributed by atoms with van der Waals surface area (Å²) in [5.41, 5.74) is 3.29. The number of urea groups is 1. The molecule has 2 rings (SSSR count). The van der Waals surface area contributed by atoms with Crippen LogP contribution in [0.5, 0.6) is 0 Å². The zero-order valence-corrected chi connectivity index (χ0v) is 13.2. The Morgan fingerprint density at radius 1 is 1.24 bits per heavy atom. The molecule has 2 amide bonds. The number of carbonyl (C=O) groups excluding carboxylic acids is 1. The summed E-state index contributed by atoms with van der Waals surface area (Å²) >= 11 is 3.29. The highest BCUT2D eigenvalue weighted by Gasteiger charge is 2.16. The second kappa shape index (κ2) is 6.88. The standard InChI is InChI=1S/C13H17BrN4O3/c1-17-4-6-18(7-5-17)16-13(21)15-11-8-9(12(19)20)2-3-10(11)14/h2-3,8H,4-7H2,1H3,(H,19,20)(H2,15,16,21). The van der Waals surface area contributed by atoms with Crippen LogP contribution in [-0.2, 0) is 0 Å². The molecule has 0 bridgehead atoms. The van der Waals surface area contributed by atoms with E-state index in [1.54, 1.807) is 6.07 Å². The number of benzene rings is 1. The van der Waals surface area contributed by atoms with Gasteiger partial charge in [0.2, 0.25) is 0 Å². The van der Waals surface area contributed by atoms with E-state index in [0.717, 1.165) is 26.2 Å². The van der Waals surface area contributed by atoms with Gasteiger partial charge in [-0.05, 0) is 41.2 Å². The number of nitrogens with zero attached hydrogens (tertiary/aromatic N) is 2. The molecule has 21 heavy (non-hydrogen) atoms. The Morgan fingerprint density at radius 3 is 2.52 bits per heavy atom. The van der Waals surface area contributed by atoms with Crippen molar-refractivity contribution in [1.82, 2.24) is 15.3 Å². The first-order valence-corrected chi connectivity index (χ1v) is 7.29. The molecule has 114 valence electrons. The molecule has 0 spiro atoms. The van der Waals surface area contributed by atoms with Gasteiger partial charge in [-0.3, -0.25) is 5.43 Å². The van der Waals surface area contributed by atoms with Gasteiger partial charge in [0.05, 0.1) is 11.3 Å². The number of hydrazine groups is 1. The summed E-state index contributed by atoms with van der Waals surface area (Å²) in [5.74, 6) is -1.04. The van der Waals surface area contributed by atoms with Gasteiger partial charge in [-0.1, -0.05) is 0 Å². The summed E-state index contributed by atoms with van der Waals surface area (Å²) in [7, 11) is 2.03. The highest BCUT2D eigenvalue weighted by Crippen LogP contribution is 2.23. The molecule has 1 saturated heterocycles. The molecule has 0 atom stereocenters. The van der Waals surface area contributed by atoms with Gasteiger partial charge in [0.1, 0.15) is 0 Å². The Labute approximate surface area is 131 Å². The minimum Gasteiger partial charge on any atom is -0.478 e. The monoisotopic (exact) mass is 356 g/mol. The first-order chi connectivity index (χ1) is 9.95. The van der Waals surface area contributed by atoms with Crippen LogP contribution in [-0.4, -0.2) is 60.2 Å². The van der Waals surface area contributed by atoms with E-state index in [-0.39, 0.29) is 11.6 Å². The van der Waals surface area contributed by atoms with Crippen molar-refractivity contribution >= 4 is 33.6 Å². The summed E-state index contributed by atoms with van der Waals surface area (Å²) in [6, 6.07) is 4.09. The third-order valence-corrected chi connectivity index (χ3v) is 3.92. The quantitative estimate of drug-likeness (QED) is 0.762.